The first-order valence-corrected chi connectivity index (χ1v) is 5.26. The van der Waals surface area contributed by atoms with E-state index in [1.807, 2.05) is 0 Å². The van der Waals surface area contributed by atoms with Crippen LogP contribution in [0.15, 0.2) is 6.07 Å². The van der Waals surface area contributed by atoms with Crippen LogP contribution in [0.2, 0.25) is 0 Å². The molecule has 92 valence electrons. The Morgan fingerprint density at radius 2 is 1.94 bits per heavy atom. The van der Waals surface area contributed by atoms with Gasteiger partial charge < -0.3 is 16.2 Å². The Balaban J connectivity index is 3.39. The molecule has 5 heteroatoms. The first-order valence-electron chi connectivity index (χ1n) is 5.26. The molecule has 0 aliphatic carbocycles. The molecule has 17 heavy (non-hydrogen) atoms. The fourth-order valence-corrected chi connectivity index (χ4v) is 1.69. The fraction of sp³-hybridized carbons (Fsp3) is 0.333. The van der Waals surface area contributed by atoms with Gasteiger partial charge in [0.15, 0.2) is 0 Å². The zero-order valence-corrected chi connectivity index (χ0v) is 10.2. The maximum atomic E-state index is 11.7. The second kappa shape index (κ2) is 4.86. The van der Waals surface area contributed by atoms with Crippen molar-refractivity contribution in [1.82, 2.24) is 0 Å². The van der Waals surface area contributed by atoms with Gasteiger partial charge in [0.2, 0.25) is 0 Å². The summed E-state index contributed by atoms with van der Waals surface area (Å²) in [6, 6.07) is 1.57. The first-order chi connectivity index (χ1) is 7.90. The summed E-state index contributed by atoms with van der Waals surface area (Å²) >= 11 is 0. The van der Waals surface area contributed by atoms with Crippen LogP contribution in [0, 0.1) is 13.8 Å². The molecule has 5 nitrogen and oxygen atoms in total. The molecule has 0 spiro atoms. The highest BCUT2D eigenvalue weighted by Gasteiger charge is 2.19. The number of primary amides is 1. The fourth-order valence-electron chi connectivity index (χ4n) is 1.69. The zero-order chi connectivity index (χ0) is 13.2. The van der Waals surface area contributed by atoms with Gasteiger partial charge in [0.05, 0.1) is 17.7 Å². The first kappa shape index (κ1) is 13.0. The largest absolute Gasteiger partial charge is 0.462 e. The van der Waals surface area contributed by atoms with E-state index in [9.17, 15) is 9.59 Å². The van der Waals surface area contributed by atoms with E-state index in [-0.39, 0.29) is 17.9 Å². The molecule has 4 N–H and O–H groups in total. The van der Waals surface area contributed by atoms with Crippen LogP contribution >= 0.6 is 0 Å². The second-order valence-corrected chi connectivity index (χ2v) is 3.74. The molecule has 0 heterocycles. The number of rotatable bonds is 3. The van der Waals surface area contributed by atoms with E-state index in [0.717, 1.165) is 0 Å². The lowest BCUT2D eigenvalue weighted by molar-refractivity contribution is 0.0525. The summed E-state index contributed by atoms with van der Waals surface area (Å²) in [7, 11) is 0. The highest BCUT2D eigenvalue weighted by molar-refractivity contribution is 6.03. The van der Waals surface area contributed by atoms with Gasteiger partial charge in [-0.3, -0.25) is 4.79 Å². The number of ether oxygens (including phenoxy) is 1. The van der Waals surface area contributed by atoms with E-state index < -0.39 is 11.9 Å². The predicted molar refractivity (Wildman–Crippen MR) is 64.8 cm³/mol. The van der Waals surface area contributed by atoms with Crippen LogP contribution in [-0.4, -0.2) is 18.5 Å². The van der Waals surface area contributed by atoms with E-state index >= 15 is 0 Å². The number of nitrogens with two attached hydrogens (primary N) is 2. The SMILES string of the molecule is CCOC(=O)c1cc(C)c(C(N)=O)c(N)c1C. The van der Waals surface area contributed by atoms with Crippen molar-refractivity contribution in [3.05, 3.63) is 28.3 Å². The third kappa shape index (κ3) is 2.38. The molecule has 0 aromatic heterocycles. The van der Waals surface area contributed by atoms with Crippen molar-refractivity contribution in [2.75, 3.05) is 12.3 Å². The van der Waals surface area contributed by atoms with Gasteiger partial charge in [-0.05, 0) is 38.0 Å². The van der Waals surface area contributed by atoms with Crippen molar-refractivity contribution >= 4 is 17.6 Å². The van der Waals surface area contributed by atoms with Gasteiger partial charge in [-0.2, -0.15) is 0 Å². The molecular weight excluding hydrogens is 220 g/mol. The van der Waals surface area contributed by atoms with Crippen LogP contribution in [0.1, 0.15) is 38.8 Å². The molecule has 1 rings (SSSR count). The molecule has 0 saturated carbocycles. The number of esters is 1. The van der Waals surface area contributed by atoms with Crippen LogP contribution in [0.25, 0.3) is 0 Å². The van der Waals surface area contributed by atoms with Crippen LogP contribution in [0.5, 0.6) is 0 Å². The topological polar surface area (TPSA) is 95.4 Å². The van der Waals surface area contributed by atoms with Gasteiger partial charge in [0.1, 0.15) is 0 Å². The summed E-state index contributed by atoms with van der Waals surface area (Å²) in [4.78, 5) is 22.9. The Morgan fingerprint density at radius 3 is 2.41 bits per heavy atom. The Morgan fingerprint density at radius 1 is 1.35 bits per heavy atom. The van der Waals surface area contributed by atoms with Gasteiger partial charge in [0, 0.05) is 5.69 Å². The maximum Gasteiger partial charge on any atom is 0.338 e. The molecule has 1 aromatic rings. The molecule has 0 atom stereocenters. The third-order valence-electron chi connectivity index (χ3n) is 2.57. The summed E-state index contributed by atoms with van der Waals surface area (Å²) in [5, 5.41) is 0. The molecule has 1 amide bonds. The van der Waals surface area contributed by atoms with E-state index in [2.05, 4.69) is 0 Å². The number of nitrogen functional groups attached to an aromatic ring is 1. The highest BCUT2D eigenvalue weighted by atomic mass is 16.5. The number of hydrogen-bond donors (Lipinski definition) is 2. The third-order valence-corrected chi connectivity index (χ3v) is 2.57. The molecular formula is C12H16N2O3. The summed E-state index contributed by atoms with van der Waals surface area (Å²) in [5.41, 5.74) is 13.0. The molecule has 0 saturated heterocycles. The lowest BCUT2D eigenvalue weighted by Crippen LogP contribution is -2.18. The monoisotopic (exact) mass is 236 g/mol. The molecule has 0 aliphatic rings. The van der Waals surface area contributed by atoms with Crippen LogP contribution in [0.4, 0.5) is 5.69 Å². The predicted octanol–water partition coefficient (Wildman–Crippen LogP) is 1.16. The Kier molecular flexibility index (Phi) is 3.73. The van der Waals surface area contributed by atoms with Crippen molar-refractivity contribution < 1.29 is 14.3 Å². The number of hydrogen-bond acceptors (Lipinski definition) is 4. The number of amides is 1. The summed E-state index contributed by atoms with van der Waals surface area (Å²) in [6.07, 6.45) is 0. The Bertz CT molecular complexity index is 481. The number of aryl methyl sites for hydroxylation is 1. The lowest BCUT2D eigenvalue weighted by Gasteiger charge is -2.13. The number of carbonyl (C=O) groups is 2. The minimum Gasteiger partial charge on any atom is -0.462 e. The van der Waals surface area contributed by atoms with Gasteiger partial charge in [-0.1, -0.05) is 0 Å². The summed E-state index contributed by atoms with van der Waals surface area (Å²) in [5.74, 6) is -1.05. The maximum absolute atomic E-state index is 11.7. The normalized spacial score (nSPS) is 10.1. The van der Waals surface area contributed by atoms with E-state index in [4.69, 9.17) is 16.2 Å². The minimum atomic E-state index is -0.599. The van der Waals surface area contributed by atoms with Gasteiger partial charge in [0.25, 0.3) is 5.91 Å². The smallest absolute Gasteiger partial charge is 0.338 e. The van der Waals surface area contributed by atoms with Crippen LogP contribution in [0.3, 0.4) is 0 Å². The zero-order valence-electron chi connectivity index (χ0n) is 10.2. The number of anilines is 1. The average molecular weight is 236 g/mol. The van der Waals surface area contributed by atoms with Crippen molar-refractivity contribution in [1.29, 1.82) is 0 Å². The number of benzene rings is 1. The summed E-state index contributed by atoms with van der Waals surface area (Å²) < 4.78 is 4.91. The number of carbonyl (C=O) groups excluding carboxylic acids is 2. The lowest BCUT2D eigenvalue weighted by atomic mass is 9.97. The minimum absolute atomic E-state index is 0.237. The van der Waals surface area contributed by atoms with Gasteiger partial charge >= 0.3 is 5.97 Å². The van der Waals surface area contributed by atoms with Crippen molar-refractivity contribution in [3.63, 3.8) is 0 Å². The van der Waals surface area contributed by atoms with Crippen LogP contribution in [-0.2, 0) is 4.74 Å². The van der Waals surface area contributed by atoms with E-state index in [1.54, 1.807) is 26.8 Å². The molecule has 0 aliphatic heterocycles. The quantitative estimate of drug-likeness (QED) is 0.608. The Labute approximate surface area is 99.7 Å². The van der Waals surface area contributed by atoms with E-state index in [0.29, 0.717) is 16.7 Å². The Hall–Kier alpha value is -2.04. The van der Waals surface area contributed by atoms with Gasteiger partial charge in [-0.25, -0.2) is 4.79 Å². The molecule has 0 bridgehead atoms. The molecule has 0 radical (unpaired) electrons. The van der Waals surface area contributed by atoms with Crippen molar-refractivity contribution in [2.45, 2.75) is 20.8 Å². The van der Waals surface area contributed by atoms with E-state index in [1.165, 1.54) is 0 Å². The van der Waals surface area contributed by atoms with Crippen molar-refractivity contribution in [3.8, 4) is 0 Å². The van der Waals surface area contributed by atoms with Crippen molar-refractivity contribution in [2.24, 2.45) is 5.73 Å². The standard InChI is InChI=1S/C12H16N2O3/c1-4-17-12(16)8-5-6(2)9(11(14)15)10(13)7(8)3/h5H,4,13H2,1-3H3,(H2,14,15). The summed E-state index contributed by atoms with van der Waals surface area (Å²) in [6.45, 7) is 5.35. The van der Waals surface area contributed by atoms with Gasteiger partial charge in [-0.15, -0.1) is 0 Å². The molecule has 0 unspecified atom stereocenters. The average Bonchev–Trinajstić information content (AvgIpc) is 2.23. The highest BCUT2D eigenvalue weighted by Crippen LogP contribution is 2.25. The van der Waals surface area contributed by atoms with Crippen LogP contribution < -0.4 is 11.5 Å². The molecule has 0 fully saturated rings. The molecule has 1 aromatic carbocycles. The second-order valence-electron chi connectivity index (χ2n) is 3.74.